The highest BCUT2D eigenvalue weighted by Crippen LogP contribution is 2.35. The molecule has 0 aliphatic carbocycles. The number of nitro groups is 1. The summed E-state index contributed by atoms with van der Waals surface area (Å²) in [6, 6.07) is 16.2. The third kappa shape index (κ3) is 5.37. The molecule has 148 valence electrons. The lowest BCUT2D eigenvalue weighted by Gasteiger charge is -2.03. The van der Waals surface area contributed by atoms with E-state index in [1.807, 2.05) is 0 Å². The minimum atomic E-state index is -3.38. The molecule has 0 radical (unpaired) electrons. The highest BCUT2D eigenvalue weighted by Gasteiger charge is 2.15. The maximum absolute atomic E-state index is 12.3. The SMILES string of the molecule is CS(=O)(=O)Nc1ccc(C(=O)C=Cc2ccc(-c3ccccc3[N+](=O)[O-])s2)cc1. The van der Waals surface area contributed by atoms with Crippen molar-refractivity contribution in [2.45, 2.75) is 0 Å². The van der Waals surface area contributed by atoms with E-state index in [2.05, 4.69) is 4.72 Å². The summed E-state index contributed by atoms with van der Waals surface area (Å²) in [5, 5.41) is 11.2. The highest BCUT2D eigenvalue weighted by atomic mass is 32.2. The molecule has 0 atom stereocenters. The zero-order valence-corrected chi connectivity index (χ0v) is 16.9. The zero-order chi connectivity index (χ0) is 21.0. The van der Waals surface area contributed by atoms with Gasteiger partial charge in [-0.1, -0.05) is 12.1 Å². The number of sulfonamides is 1. The summed E-state index contributed by atoms with van der Waals surface area (Å²) in [4.78, 5) is 24.6. The largest absolute Gasteiger partial charge is 0.289 e. The molecule has 0 bridgehead atoms. The number of hydrogen-bond donors (Lipinski definition) is 1. The molecule has 1 aromatic heterocycles. The van der Waals surface area contributed by atoms with Crippen LogP contribution in [-0.2, 0) is 10.0 Å². The molecule has 1 N–H and O–H groups in total. The number of nitrogens with one attached hydrogen (secondary N) is 1. The smallest absolute Gasteiger partial charge is 0.278 e. The van der Waals surface area contributed by atoms with Crippen molar-refractivity contribution in [1.82, 2.24) is 0 Å². The molecular formula is C20H16N2O5S2. The number of allylic oxidation sites excluding steroid dienone is 1. The average Bonchev–Trinajstić information content (AvgIpc) is 3.14. The number of nitrogens with zero attached hydrogens (tertiary/aromatic N) is 1. The monoisotopic (exact) mass is 428 g/mol. The maximum atomic E-state index is 12.3. The molecular weight excluding hydrogens is 412 g/mol. The number of rotatable bonds is 7. The quantitative estimate of drug-likeness (QED) is 0.256. The van der Waals surface area contributed by atoms with Crippen LogP contribution in [0.1, 0.15) is 15.2 Å². The molecule has 0 aliphatic heterocycles. The van der Waals surface area contributed by atoms with E-state index in [9.17, 15) is 23.3 Å². The van der Waals surface area contributed by atoms with Gasteiger partial charge in [-0.25, -0.2) is 8.42 Å². The van der Waals surface area contributed by atoms with Gasteiger partial charge in [0.05, 0.1) is 16.7 Å². The first-order chi connectivity index (χ1) is 13.7. The normalized spacial score (nSPS) is 11.5. The molecule has 0 spiro atoms. The fourth-order valence-electron chi connectivity index (χ4n) is 2.60. The Labute approximate surface area is 171 Å². The average molecular weight is 428 g/mol. The van der Waals surface area contributed by atoms with Gasteiger partial charge in [0.1, 0.15) is 0 Å². The van der Waals surface area contributed by atoms with Gasteiger partial charge in [0, 0.05) is 27.1 Å². The molecule has 2 aromatic carbocycles. The number of nitro benzene ring substituents is 1. The number of anilines is 1. The molecule has 0 saturated heterocycles. The van der Waals surface area contributed by atoms with Crippen LogP contribution in [0.3, 0.4) is 0 Å². The zero-order valence-electron chi connectivity index (χ0n) is 15.2. The van der Waals surface area contributed by atoms with E-state index in [1.54, 1.807) is 36.4 Å². The van der Waals surface area contributed by atoms with Crippen LogP contribution in [0.5, 0.6) is 0 Å². The second kappa shape index (κ2) is 8.38. The maximum Gasteiger partial charge on any atom is 0.278 e. The summed E-state index contributed by atoms with van der Waals surface area (Å²) < 4.78 is 24.8. The first kappa shape index (κ1) is 20.4. The predicted molar refractivity (Wildman–Crippen MR) is 115 cm³/mol. The van der Waals surface area contributed by atoms with Crippen LogP contribution in [0.2, 0.25) is 0 Å². The lowest BCUT2D eigenvalue weighted by Crippen LogP contribution is -2.09. The van der Waals surface area contributed by atoms with Crippen LogP contribution in [-0.4, -0.2) is 25.4 Å². The van der Waals surface area contributed by atoms with Crippen LogP contribution >= 0.6 is 11.3 Å². The number of carbonyl (C=O) groups is 1. The van der Waals surface area contributed by atoms with E-state index < -0.39 is 14.9 Å². The Morgan fingerprint density at radius 3 is 2.41 bits per heavy atom. The van der Waals surface area contributed by atoms with E-state index in [1.165, 1.54) is 47.7 Å². The standard InChI is InChI=1S/C20H16N2O5S2/c1-29(26,27)21-15-8-6-14(7-9-15)19(23)12-10-16-11-13-20(28-16)17-4-2-3-5-18(17)22(24)25/h2-13,21H,1H3. The Morgan fingerprint density at radius 2 is 1.76 bits per heavy atom. The lowest BCUT2D eigenvalue weighted by molar-refractivity contribution is -0.384. The van der Waals surface area contributed by atoms with Gasteiger partial charge in [0.25, 0.3) is 5.69 Å². The Bertz CT molecular complexity index is 1200. The Kier molecular flexibility index (Phi) is 5.90. The number of thiophene rings is 1. The second-order valence-electron chi connectivity index (χ2n) is 6.13. The van der Waals surface area contributed by atoms with E-state index in [0.717, 1.165) is 16.0 Å². The van der Waals surface area contributed by atoms with Gasteiger partial charge in [-0.15, -0.1) is 11.3 Å². The van der Waals surface area contributed by atoms with E-state index in [4.69, 9.17) is 0 Å². The molecule has 3 aromatic rings. The second-order valence-corrected chi connectivity index (χ2v) is 8.99. The molecule has 29 heavy (non-hydrogen) atoms. The van der Waals surface area contributed by atoms with E-state index in [-0.39, 0.29) is 11.5 Å². The Balaban J connectivity index is 1.74. The third-order valence-corrected chi connectivity index (χ3v) is 5.55. The molecule has 7 nitrogen and oxygen atoms in total. The van der Waals surface area contributed by atoms with Gasteiger partial charge in [-0.05, 0) is 54.6 Å². The predicted octanol–water partition coefficient (Wildman–Crippen LogP) is 4.59. The van der Waals surface area contributed by atoms with Gasteiger partial charge in [0.15, 0.2) is 5.78 Å². The highest BCUT2D eigenvalue weighted by molar-refractivity contribution is 7.92. The van der Waals surface area contributed by atoms with Crippen LogP contribution in [0.25, 0.3) is 16.5 Å². The van der Waals surface area contributed by atoms with Crippen LogP contribution < -0.4 is 4.72 Å². The van der Waals surface area contributed by atoms with Crippen molar-refractivity contribution in [1.29, 1.82) is 0 Å². The Hall–Kier alpha value is -3.30. The van der Waals surface area contributed by atoms with Crippen molar-refractivity contribution in [3.05, 3.63) is 87.3 Å². The summed E-state index contributed by atoms with van der Waals surface area (Å²) in [6.45, 7) is 0. The summed E-state index contributed by atoms with van der Waals surface area (Å²) in [6.07, 6.45) is 4.11. The molecule has 0 unspecified atom stereocenters. The van der Waals surface area contributed by atoms with Crippen molar-refractivity contribution in [3.63, 3.8) is 0 Å². The van der Waals surface area contributed by atoms with Gasteiger partial charge >= 0.3 is 0 Å². The first-order valence-corrected chi connectivity index (χ1v) is 11.1. The third-order valence-electron chi connectivity index (χ3n) is 3.86. The molecule has 9 heteroatoms. The topological polar surface area (TPSA) is 106 Å². The molecule has 1 heterocycles. The van der Waals surface area contributed by atoms with Gasteiger partial charge in [0.2, 0.25) is 10.0 Å². The summed E-state index contributed by atoms with van der Waals surface area (Å²) in [5.41, 5.74) is 1.35. The molecule has 0 fully saturated rings. The number of ketones is 1. The number of hydrogen-bond acceptors (Lipinski definition) is 6. The Morgan fingerprint density at radius 1 is 1.07 bits per heavy atom. The number of benzene rings is 2. The van der Waals surface area contributed by atoms with Crippen LogP contribution in [0.4, 0.5) is 11.4 Å². The number of para-hydroxylation sites is 1. The van der Waals surface area contributed by atoms with Crippen molar-refractivity contribution < 1.29 is 18.1 Å². The minimum Gasteiger partial charge on any atom is -0.289 e. The van der Waals surface area contributed by atoms with Crippen molar-refractivity contribution >= 4 is 44.6 Å². The fraction of sp³-hybridized carbons (Fsp3) is 0.0500. The molecule has 0 saturated carbocycles. The summed E-state index contributed by atoms with van der Waals surface area (Å²) >= 11 is 1.34. The van der Waals surface area contributed by atoms with Crippen molar-refractivity contribution in [3.8, 4) is 10.4 Å². The molecule has 0 amide bonds. The van der Waals surface area contributed by atoms with Crippen molar-refractivity contribution in [2.24, 2.45) is 0 Å². The van der Waals surface area contributed by atoms with Crippen LogP contribution in [0.15, 0.2) is 66.7 Å². The lowest BCUT2D eigenvalue weighted by atomic mass is 10.1. The van der Waals surface area contributed by atoms with Crippen molar-refractivity contribution in [2.75, 3.05) is 11.0 Å². The van der Waals surface area contributed by atoms with Gasteiger partial charge < -0.3 is 0 Å². The van der Waals surface area contributed by atoms with Gasteiger partial charge in [-0.3, -0.25) is 19.6 Å². The van der Waals surface area contributed by atoms with Gasteiger partial charge in [-0.2, -0.15) is 0 Å². The fourth-order valence-corrected chi connectivity index (χ4v) is 4.11. The van der Waals surface area contributed by atoms with E-state index >= 15 is 0 Å². The van der Waals surface area contributed by atoms with E-state index in [0.29, 0.717) is 16.8 Å². The number of carbonyl (C=O) groups excluding carboxylic acids is 1. The van der Waals surface area contributed by atoms with Crippen LogP contribution in [0, 0.1) is 10.1 Å². The summed E-state index contributed by atoms with van der Waals surface area (Å²) in [5.74, 6) is -0.239. The summed E-state index contributed by atoms with van der Waals surface area (Å²) in [7, 11) is -3.38. The first-order valence-electron chi connectivity index (χ1n) is 8.37. The minimum absolute atomic E-state index is 0.0312. The molecule has 3 rings (SSSR count). The molecule has 0 aliphatic rings.